The second-order valence-electron chi connectivity index (χ2n) is 3.74. The van der Waals surface area contributed by atoms with Gasteiger partial charge in [0.05, 0.1) is 17.5 Å². The maximum Gasteiger partial charge on any atom is 0.0570 e. The van der Waals surface area contributed by atoms with Gasteiger partial charge >= 0.3 is 0 Å². The Morgan fingerprint density at radius 3 is 3.07 bits per heavy atom. The zero-order valence-corrected chi connectivity index (χ0v) is 9.84. The Labute approximate surface area is 94.5 Å². The van der Waals surface area contributed by atoms with E-state index in [2.05, 4.69) is 35.5 Å². The Morgan fingerprint density at radius 1 is 1.60 bits per heavy atom. The Kier molecular flexibility index (Phi) is 3.07. The molecular formula is C11H16N2OS. The largest absolute Gasteiger partial charge is 0.395 e. The van der Waals surface area contributed by atoms with Crippen molar-refractivity contribution in [3.05, 3.63) is 18.2 Å². The van der Waals surface area contributed by atoms with Crippen molar-refractivity contribution in [2.24, 2.45) is 0 Å². The van der Waals surface area contributed by atoms with Crippen LogP contribution in [-0.4, -0.2) is 37.6 Å². The smallest absolute Gasteiger partial charge is 0.0570 e. The molecule has 2 N–H and O–H groups in total. The standard InChI is InChI=1S/C11H16N2OS/c1-12-8-3-4-11-10(5-8)13(2)6-9(7-14)15-11/h3-5,9,12,14H,6-7H2,1-2H3. The molecule has 15 heavy (non-hydrogen) atoms. The number of aliphatic hydroxyl groups excluding tert-OH is 1. The Hall–Kier alpha value is -0.870. The Bertz CT molecular complexity index is 356. The van der Waals surface area contributed by atoms with Gasteiger partial charge in [-0.15, -0.1) is 11.8 Å². The molecule has 0 amide bonds. The second kappa shape index (κ2) is 4.33. The van der Waals surface area contributed by atoms with Crippen molar-refractivity contribution in [2.45, 2.75) is 10.1 Å². The highest BCUT2D eigenvalue weighted by Crippen LogP contribution is 2.38. The third-order valence-corrected chi connectivity index (χ3v) is 3.86. The molecule has 3 nitrogen and oxygen atoms in total. The summed E-state index contributed by atoms with van der Waals surface area (Å²) in [6, 6.07) is 6.33. The highest BCUT2D eigenvalue weighted by molar-refractivity contribution is 8.00. The normalized spacial score (nSPS) is 19.9. The summed E-state index contributed by atoms with van der Waals surface area (Å²) in [4.78, 5) is 3.45. The molecule has 0 spiro atoms. The first-order valence-corrected chi connectivity index (χ1v) is 5.93. The molecule has 1 aromatic carbocycles. The van der Waals surface area contributed by atoms with E-state index in [1.54, 1.807) is 11.8 Å². The monoisotopic (exact) mass is 224 g/mol. The van der Waals surface area contributed by atoms with Gasteiger partial charge in [0.25, 0.3) is 0 Å². The molecule has 82 valence electrons. The molecule has 1 aliphatic heterocycles. The van der Waals surface area contributed by atoms with Crippen LogP contribution in [0.3, 0.4) is 0 Å². The van der Waals surface area contributed by atoms with Crippen molar-refractivity contribution in [3.63, 3.8) is 0 Å². The van der Waals surface area contributed by atoms with Crippen molar-refractivity contribution in [1.82, 2.24) is 0 Å². The fourth-order valence-electron chi connectivity index (χ4n) is 1.79. The van der Waals surface area contributed by atoms with E-state index < -0.39 is 0 Å². The first kappa shape index (κ1) is 10.6. The molecule has 4 heteroatoms. The maximum atomic E-state index is 9.18. The molecule has 0 bridgehead atoms. The first-order valence-electron chi connectivity index (χ1n) is 5.05. The van der Waals surface area contributed by atoms with Gasteiger partial charge in [-0.25, -0.2) is 0 Å². The second-order valence-corrected chi connectivity index (χ2v) is 5.08. The molecule has 0 fully saturated rings. The highest BCUT2D eigenvalue weighted by atomic mass is 32.2. The Morgan fingerprint density at radius 2 is 2.40 bits per heavy atom. The fourth-order valence-corrected chi connectivity index (χ4v) is 3.00. The maximum absolute atomic E-state index is 9.18. The van der Waals surface area contributed by atoms with Crippen LogP contribution in [0.1, 0.15) is 0 Å². The minimum Gasteiger partial charge on any atom is -0.395 e. The van der Waals surface area contributed by atoms with E-state index in [-0.39, 0.29) is 6.61 Å². The lowest BCUT2D eigenvalue weighted by Crippen LogP contribution is -2.33. The highest BCUT2D eigenvalue weighted by Gasteiger charge is 2.22. The van der Waals surface area contributed by atoms with Gasteiger partial charge in [-0.3, -0.25) is 0 Å². The average molecular weight is 224 g/mol. The third-order valence-electron chi connectivity index (χ3n) is 2.63. The molecule has 0 aromatic heterocycles. The predicted octanol–water partition coefficient (Wildman–Crippen LogP) is 1.63. The number of hydrogen-bond acceptors (Lipinski definition) is 4. The molecule has 1 atom stereocenters. The lowest BCUT2D eigenvalue weighted by Gasteiger charge is -2.32. The number of nitrogens with one attached hydrogen (secondary N) is 1. The van der Waals surface area contributed by atoms with Gasteiger partial charge in [-0.05, 0) is 18.2 Å². The first-order chi connectivity index (χ1) is 7.24. The van der Waals surface area contributed by atoms with E-state index in [4.69, 9.17) is 0 Å². The van der Waals surface area contributed by atoms with Crippen molar-refractivity contribution < 1.29 is 5.11 Å². The lowest BCUT2D eigenvalue weighted by atomic mass is 10.2. The fraction of sp³-hybridized carbons (Fsp3) is 0.455. The van der Waals surface area contributed by atoms with Gasteiger partial charge in [0, 0.05) is 31.2 Å². The van der Waals surface area contributed by atoms with Crippen LogP contribution in [0.15, 0.2) is 23.1 Å². The third kappa shape index (κ3) is 2.06. The molecule has 1 aromatic rings. The van der Waals surface area contributed by atoms with Crippen LogP contribution in [0.25, 0.3) is 0 Å². The number of benzene rings is 1. The summed E-state index contributed by atoms with van der Waals surface area (Å²) >= 11 is 1.76. The molecule has 0 aliphatic carbocycles. The van der Waals surface area contributed by atoms with Gasteiger partial charge in [0.2, 0.25) is 0 Å². The minimum atomic E-state index is 0.238. The molecule has 2 rings (SSSR count). The topological polar surface area (TPSA) is 35.5 Å². The van der Waals surface area contributed by atoms with Crippen LogP contribution in [0.2, 0.25) is 0 Å². The molecule has 1 unspecified atom stereocenters. The number of anilines is 2. The van der Waals surface area contributed by atoms with Crippen LogP contribution >= 0.6 is 11.8 Å². The summed E-state index contributed by atoms with van der Waals surface area (Å²) in [6.45, 7) is 1.14. The molecule has 1 aliphatic rings. The van der Waals surface area contributed by atoms with E-state index in [1.807, 2.05) is 7.05 Å². The van der Waals surface area contributed by atoms with Crippen molar-refractivity contribution in [3.8, 4) is 0 Å². The summed E-state index contributed by atoms with van der Waals surface area (Å²) in [5, 5.41) is 12.6. The van der Waals surface area contributed by atoms with Crippen LogP contribution in [0.5, 0.6) is 0 Å². The number of rotatable bonds is 2. The van der Waals surface area contributed by atoms with Crippen molar-refractivity contribution in [1.29, 1.82) is 0 Å². The molecule has 0 saturated carbocycles. The van der Waals surface area contributed by atoms with Crippen molar-refractivity contribution >= 4 is 23.1 Å². The van der Waals surface area contributed by atoms with Gasteiger partial charge in [-0.2, -0.15) is 0 Å². The summed E-state index contributed by atoms with van der Waals surface area (Å²) in [7, 11) is 3.99. The SMILES string of the molecule is CNc1ccc2c(c1)N(C)CC(CO)S2. The Balaban J connectivity index is 2.32. The quantitative estimate of drug-likeness (QED) is 0.800. The number of hydrogen-bond donors (Lipinski definition) is 2. The summed E-state index contributed by atoms with van der Waals surface area (Å²) in [5.41, 5.74) is 2.38. The summed E-state index contributed by atoms with van der Waals surface area (Å²) in [6.07, 6.45) is 0. The zero-order valence-electron chi connectivity index (χ0n) is 9.03. The number of aliphatic hydroxyl groups is 1. The van der Waals surface area contributed by atoms with Gasteiger partial charge in [0.15, 0.2) is 0 Å². The van der Waals surface area contributed by atoms with Gasteiger partial charge < -0.3 is 15.3 Å². The van der Waals surface area contributed by atoms with Gasteiger partial charge in [-0.1, -0.05) is 0 Å². The lowest BCUT2D eigenvalue weighted by molar-refractivity contribution is 0.295. The molecular weight excluding hydrogens is 208 g/mol. The minimum absolute atomic E-state index is 0.238. The van der Waals surface area contributed by atoms with Crippen LogP contribution in [0, 0.1) is 0 Å². The van der Waals surface area contributed by atoms with E-state index in [0.717, 1.165) is 12.2 Å². The summed E-state index contributed by atoms with van der Waals surface area (Å²) in [5.74, 6) is 0. The van der Waals surface area contributed by atoms with E-state index >= 15 is 0 Å². The van der Waals surface area contributed by atoms with E-state index in [0.29, 0.717) is 5.25 Å². The zero-order chi connectivity index (χ0) is 10.8. The van der Waals surface area contributed by atoms with E-state index in [1.165, 1.54) is 10.6 Å². The number of fused-ring (bicyclic) bond motifs is 1. The van der Waals surface area contributed by atoms with Crippen LogP contribution in [-0.2, 0) is 0 Å². The molecule has 0 radical (unpaired) electrons. The van der Waals surface area contributed by atoms with E-state index in [9.17, 15) is 5.11 Å². The predicted molar refractivity (Wildman–Crippen MR) is 66.0 cm³/mol. The van der Waals surface area contributed by atoms with Gasteiger partial charge in [0.1, 0.15) is 0 Å². The number of thioether (sulfide) groups is 1. The van der Waals surface area contributed by atoms with Crippen LogP contribution in [0.4, 0.5) is 11.4 Å². The molecule has 1 heterocycles. The van der Waals surface area contributed by atoms with Crippen molar-refractivity contribution in [2.75, 3.05) is 37.5 Å². The number of nitrogens with zero attached hydrogens (tertiary/aromatic N) is 1. The summed E-state index contributed by atoms with van der Waals surface area (Å²) < 4.78 is 0. The molecule has 0 saturated heterocycles. The van der Waals surface area contributed by atoms with Crippen LogP contribution < -0.4 is 10.2 Å². The average Bonchev–Trinajstić information content (AvgIpc) is 2.28.